The predicted molar refractivity (Wildman–Crippen MR) is 122 cm³/mol. The minimum Gasteiger partial charge on any atom is -0.462 e. The molecule has 0 fully saturated rings. The molecule has 8 nitrogen and oxygen atoms in total. The highest BCUT2D eigenvalue weighted by atomic mass is 32.1. The van der Waals surface area contributed by atoms with Gasteiger partial charge in [0.05, 0.1) is 17.9 Å². The highest BCUT2D eigenvalue weighted by Gasteiger charge is 2.27. The number of rotatable bonds is 9. The van der Waals surface area contributed by atoms with Gasteiger partial charge in [0, 0.05) is 18.3 Å². The molecule has 0 aliphatic rings. The molecular weight excluding hydrogens is 430 g/mol. The van der Waals surface area contributed by atoms with Crippen LogP contribution in [0.3, 0.4) is 0 Å². The molecule has 1 N–H and O–H groups in total. The van der Waals surface area contributed by atoms with Crippen molar-refractivity contribution >= 4 is 39.8 Å². The number of nitrogens with zero attached hydrogens (tertiary/aromatic N) is 2. The number of fused-ring (bicyclic) bond motifs is 1. The normalized spacial score (nSPS) is 10.7. The van der Waals surface area contributed by atoms with E-state index in [2.05, 4.69) is 16.9 Å². The number of nitrogens with one attached hydrogen (secondary N) is 1. The van der Waals surface area contributed by atoms with Gasteiger partial charge in [0.1, 0.15) is 22.1 Å². The number of thiophene rings is 1. The molecule has 0 saturated heterocycles. The molecule has 0 atom stereocenters. The number of carbonyl (C=O) groups is 3. The third kappa shape index (κ3) is 4.88. The Morgan fingerprint density at radius 1 is 1.22 bits per heavy atom. The first-order valence-corrected chi connectivity index (χ1v) is 11.0. The molecule has 0 aliphatic heterocycles. The topological polar surface area (TPSA) is 99.0 Å². The lowest BCUT2D eigenvalue weighted by Gasteiger charge is -2.07. The number of anilines is 1. The molecule has 0 unspecified atom stereocenters. The average molecular weight is 456 g/mol. The van der Waals surface area contributed by atoms with Gasteiger partial charge in [-0.05, 0) is 44.9 Å². The first-order valence-electron chi connectivity index (χ1n) is 10.2. The van der Waals surface area contributed by atoms with Gasteiger partial charge in [-0.15, -0.1) is 11.3 Å². The molecule has 0 spiro atoms. The Kier molecular flexibility index (Phi) is 7.42. The Morgan fingerprint density at radius 2 is 2.00 bits per heavy atom. The number of aromatic nitrogens is 2. The maximum Gasteiger partial charge on any atom is 0.348 e. The molecule has 9 heteroatoms. The van der Waals surface area contributed by atoms with Crippen molar-refractivity contribution in [2.75, 3.05) is 18.5 Å². The van der Waals surface area contributed by atoms with Crippen LogP contribution in [0.4, 0.5) is 5.00 Å². The van der Waals surface area contributed by atoms with Crippen molar-refractivity contribution in [3.8, 4) is 0 Å². The van der Waals surface area contributed by atoms with Crippen molar-refractivity contribution in [3.05, 3.63) is 64.4 Å². The van der Waals surface area contributed by atoms with Gasteiger partial charge >= 0.3 is 11.9 Å². The molecule has 3 aromatic rings. The van der Waals surface area contributed by atoms with E-state index < -0.39 is 11.9 Å². The number of hydrogen-bond donors (Lipinski definition) is 1. The largest absolute Gasteiger partial charge is 0.462 e. The van der Waals surface area contributed by atoms with Crippen LogP contribution in [0, 0.1) is 13.8 Å². The van der Waals surface area contributed by atoms with E-state index in [-0.39, 0.29) is 41.0 Å². The summed E-state index contributed by atoms with van der Waals surface area (Å²) in [6, 6.07) is 5.72. The molecule has 0 radical (unpaired) electrons. The zero-order valence-corrected chi connectivity index (χ0v) is 19.1. The van der Waals surface area contributed by atoms with Crippen molar-refractivity contribution < 1.29 is 23.9 Å². The summed E-state index contributed by atoms with van der Waals surface area (Å²) < 4.78 is 12.2. The van der Waals surface area contributed by atoms with Gasteiger partial charge in [0.25, 0.3) is 0 Å². The van der Waals surface area contributed by atoms with Crippen molar-refractivity contribution in [1.29, 1.82) is 0 Å². The molecule has 0 saturated carbocycles. The molecule has 0 aliphatic carbocycles. The van der Waals surface area contributed by atoms with E-state index in [1.807, 2.05) is 35.7 Å². The molecule has 3 rings (SSSR count). The fraction of sp³-hybridized carbons (Fsp3) is 0.304. The van der Waals surface area contributed by atoms with Crippen LogP contribution in [0.2, 0.25) is 0 Å². The lowest BCUT2D eigenvalue weighted by molar-refractivity contribution is -0.116. The van der Waals surface area contributed by atoms with E-state index >= 15 is 0 Å². The molecule has 0 aromatic carbocycles. The number of hydrogen-bond acceptors (Lipinski definition) is 7. The maximum atomic E-state index is 12.7. The number of aryl methyl sites for hydroxylation is 2. The quantitative estimate of drug-likeness (QED) is 0.385. The standard InChI is InChI=1S/C23H25N3O5S/c1-5-13-31-23(29)20-14(3)19(22(28)30-6-2)21(32-20)25-18(27)11-10-16-15(4)24-17-9-7-8-12-26(16)17/h5,7-9,12H,1,6,10-11,13H2,2-4H3,(H,25,27). The highest BCUT2D eigenvalue weighted by molar-refractivity contribution is 7.18. The van der Waals surface area contributed by atoms with Crippen LogP contribution in [-0.2, 0) is 20.7 Å². The Labute approximate surface area is 189 Å². The molecule has 1 amide bonds. The number of amides is 1. The number of ether oxygens (including phenoxy) is 2. The Hall–Kier alpha value is -3.46. The van der Waals surface area contributed by atoms with Gasteiger partial charge in [-0.2, -0.15) is 0 Å². The Bertz CT molecular complexity index is 1180. The molecule has 32 heavy (non-hydrogen) atoms. The third-order valence-corrected chi connectivity index (χ3v) is 6.00. The number of esters is 2. The summed E-state index contributed by atoms with van der Waals surface area (Å²) in [5, 5.41) is 3.04. The Balaban J connectivity index is 1.80. The number of carbonyl (C=O) groups excluding carboxylic acids is 3. The number of pyridine rings is 1. The lowest BCUT2D eigenvalue weighted by Crippen LogP contribution is -2.15. The van der Waals surface area contributed by atoms with E-state index in [1.165, 1.54) is 6.08 Å². The van der Waals surface area contributed by atoms with Crippen LogP contribution in [-0.4, -0.2) is 40.4 Å². The van der Waals surface area contributed by atoms with Crippen LogP contribution >= 0.6 is 11.3 Å². The summed E-state index contributed by atoms with van der Waals surface area (Å²) in [7, 11) is 0. The molecule has 3 heterocycles. The van der Waals surface area contributed by atoms with Crippen molar-refractivity contribution in [2.45, 2.75) is 33.6 Å². The first-order chi connectivity index (χ1) is 15.4. The second kappa shape index (κ2) is 10.2. The third-order valence-electron chi connectivity index (χ3n) is 4.81. The molecule has 168 valence electrons. The summed E-state index contributed by atoms with van der Waals surface area (Å²) in [5.41, 5.74) is 3.20. The van der Waals surface area contributed by atoms with Crippen LogP contribution in [0.15, 0.2) is 37.1 Å². The molecule has 3 aromatic heterocycles. The monoisotopic (exact) mass is 455 g/mol. The predicted octanol–water partition coefficient (Wildman–Crippen LogP) is 4.10. The second-order valence-electron chi connectivity index (χ2n) is 6.99. The minimum absolute atomic E-state index is 0.0469. The molecule has 0 bridgehead atoms. The SMILES string of the molecule is C=CCOC(=O)c1sc(NC(=O)CCc2c(C)nc3ccccn23)c(C(=O)OCC)c1C. The average Bonchev–Trinajstić information content (AvgIpc) is 3.26. The van der Waals surface area contributed by atoms with Gasteiger partial charge in [-0.1, -0.05) is 18.7 Å². The summed E-state index contributed by atoms with van der Waals surface area (Å²) in [6.07, 6.45) is 4.01. The van der Waals surface area contributed by atoms with Crippen LogP contribution in [0.25, 0.3) is 5.65 Å². The zero-order chi connectivity index (χ0) is 23.3. The summed E-state index contributed by atoms with van der Waals surface area (Å²) in [6.45, 7) is 8.96. The van der Waals surface area contributed by atoms with Crippen LogP contribution in [0.1, 0.15) is 50.3 Å². The molecular formula is C23H25N3O5S. The summed E-state index contributed by atoms with van der Waals surface area (Å²) >= 11 is 0.997. The lowest BCUT2D eigenvalue weighted by atomic mass is 10.1. The van der Waals surface area contributed by atoms with Crippen LogP contribution in [0.5, 0.6) is 0 Å². The Morgan fingerprint density at radius 3 is 2.72 bits per heavy atom. The first kappa shape index (κ1) is 23.2. The highest BCUT2D eigenvalue weighted by Crippen LogP contribution is 2.34. The summed E-state index contributed by atoms with van der Waals surface area (Å²) in [5.74, 6) is -1.47. The van der Waals surface area contributed by atoms with Gasteiger partial charge in [0.2, 0.25) is 5.91 Å². The van der Waals surface area contributed by atoms with Gasteiger partial charge in [-0.25, -0.2) is 14.6 Å². The van der Waals surface area contributed by atoms with E-state index in [1.54, 1.807) is 13.8 Å². The van der Waals surface area contributed by atoms with E-state index in [4.69, 9.17) is 9.47 Å². The second-order valence-corrected chi connectivity index (χ2v) is 8.01. The fourth-order valence-electron chi connectivity index (χ4n) is 3.33. The number of imidazole rings is 1. The van der Waals surface area contributed by atoms with Gasteiger partial charge in [0.15, 0.2) is 0 Å². The smallest absolute Gasteiger partial charge is 0.348 e. The maximum absolute atomic E-state index is 12.7. The van der Waals surface area contributed by atoms with Gasteiger partial charge < -0.3 is 19.2 Å². The van der Waals surface area contributed by atoms with Crippen molar-refractivity contribution in [2.24, 2.45) is 0 Å². The van der Waals surface area contributed by atoms with Crippen molar-refractivity contribution in [3.63, 3.8) is 0 Å². The van der Waals surface area contributed by atoms with Crippen LogP contribution < -0.4 is 5.32 Å². The van der Waals surface area contributed by atoms with E-state index in [0.29, 0.717) is 12.0 Å². The van der Waals surface area contributed by atoms with E-state index in [0.717, 1.165) is 28.4 Å². The summed E-state index contributed by atoms with van der Waals surface area (Å²) in [4.78, 5) is 42.4. The zero-order valence-electron chi connectivity index (χ0n) is 18.3. The van der Waals surface area contributed by atoms with E-state index in [9.17, 15) is 14.4 Å². The van der Waals surface area contributed by atoms with Gasteiger partial charge in [-0.3, -0.25) is 4.79 Å². The van der Waals surface area contributed by atoms with Crippen molar-refractivity contribution in [1.82, 2.24) is 9.38 Å². The fourth-order valence-corrected chi connectivity index (χ4v) is 4.44. The minimum atomic E-state index is -0.600.